The number of carbonyl (C=O) groups is 2. The van der Waals surface area contributed by atoms with E-state index in [1.807, 2.05) is 24.3 Å². The number of imidazole rings is 1. The normalized spacial score (nSPS) is 11.7. The summed E-state index contributed by atoms with van der Waals surface area (Å²) in [7, 11) is -0.909. The number of nitrogens with zero attached hydrogens (tertiary/aromatic N) is 3. The Balaban J connectivity index is 1.67. The molecule has 1 aromatic heterocycles. The van der Waals surface area contributed by atoms with Crippen LogP contribution in [0.3, 0.4) is 0 Å². The molecule has 8 nitrogen and oxygen atoms in total. The molecule has 0 saturated heterocycles. The zero-order valence-corrected chi connectivity index (χ0v) is 17.2. The summed E-state index contributed by atoms with van der Waals surface area (Å²) in [5.41, 5.74) is 2.10. The highest BCUT2D eigenvalue weighted by atomic mass is 32.2. The number of rotatable bonds is 7. The van der Waals surface area contributed by atoms with Gasteiger partial charge in [0.1, 0.15) is 5.82 Å². The quantitative estimate of drug-likeness (QED) is 0.596. The van der Waals surface area contributed by atoms with Crippen molar-refractivity contribution in [3.8, 4) is 0 Å². The first-order chi connectivity index (χ1) is 13.7. The van der Waals surface area contributed by atoms with Crippen molar-refractivity contribution in [1.29, 1.82) is 0 Å². The minimum Gasteiger partial charge on any atom is -0.340 e. The predicted molar refractivity (Wildman–Crippen MR) is 109 cm³/mol. The highest BCUT2D eigenvalue weighted by Crippen LogP contribution is 2.16. The lowest BCUT2D eigenvalue weighted by Crippen LogP contribution is -2.39. The summed E-state index contributed by atoms with van der Waals surface area (Å²) >= 11 is 0. The first-order valence-corrected chi connectivity index (χ1v) is 10.4. The van der Waals surface area contributed by atoms with Gasteiger partial charge in [-0.1, -0.05) is 24.3 Å². The van der Waals surface area contributed by atoms with Crippen molar-refractivity contribution in [2.24, 2.45) is 0 Å². The van der Waals surface area contributed by atoms with Crippen LogP contribution >= 0.6 is 0 Å². The van der Waals surface area contributed by atoms with Crippen molar-refractivity contribution < 1.29 is 18.0 Å². The lowest BCUT2D eigenvalue weighted by molar-refractivity contribution is -0.130. The molecule has 0 fully saturated rings. The number of likely N-dealkylation sites (N-methyl/N-ethyl adjacent to an activating group) is 2. The minimum absolute atomic E-state index is 0.0257. The van der Waals surface area contributed by atoms with Crippen LogP contribution in [-0.2, 0) is 21.4 Å². The summed E-state index contributed by atoms with van der Waals surface area (Å²) in [6.07, 6.45) is 0. The second-order valence-corrected chi connectivity index (χ2v) is 8.84. The molecule has 1 heterocycles. The fraction of sp³-hybridized carbons (Fsp3) is 0.250. The zero-order valence-electron chi connectivity index (χ0n) is 16.4. The summed E-state index contributed by atoms with van der Waals surface area (Å²) in [6.45, 7) is 1.33. The maximum absolute atomic E-state index is 12.7. The first kappa shape index (κ1) is 20.7. The summed E-state index contributed by atoms with van der Waals surface area (Å²) in [6, 6.07) is 13.2. The van der Waals surface area contributed by atoms with Crippen LogP contribution < -0.4 is 0 Å². The monoisotopic (exact) mass is 414 g/mol. The van der Waals surface area contributed by atoms with Gasteiger partial charge in [0.15, 0.2) is 5.78 Å². The molecule has 29 heavy (non-hydrogen) atoms. The van der Waals surface area contributed by atoms with Crippen molar-refractivity contribution in [1.82, 2.24) is 19.2 Å². The molecule has 1 amide bonds. The van der Waals surface area contributed by atoms with Crippen LogP contribution in [0.2, 0.25) is 0 Å². The number of H-pyrrole nitrogens is 1. The van der Waals surface area contributed by atoms with Crippen LogP contribution in [0.1, 0.15) is 23.1 Å². The predicted octanol–water partition coefficient (Wildman–Crippen LogP) is 2.04. The summed E-state index contributed by atoms with van der Waals surface area (Å²) in [5.74, 6) is 0.106. The molecule has 9 heteroatoms. The van der Waals surface area contributed by atoms with Gasteiger partial charge in [-0.25, -0.2) is 13.4 Å². The van der Waals surface area contributed by atoms with Gasteiger partial charge in [-0.2, -0.15) is 4.31 Å². The number of carbonyl (C=O) groups excluding carboxylic acids is 2. The van der Waals surface area contributed by atoms with Crippen LogP contribution in [0.4, 0.5) is 0 Å². The number of amides is 1. The van der Waals surface area contributed by atoms with E-state index in [9.17, 15) is 18.0 Å². The van der Waals surface area contributed by atoms with Gasteiger partial charge >= 0.3 is 0 Å². The van der Waals surface area contributed by atoms with E-state index in [2.05, 4.69) is 9.97 Å². The largest absolute Gasteiger partial charge is 0.340 e. The van der Waals surface area contributed by atoms with E-state index in [1.165, 1.54) is 43.1 Å². The van der Waals surface area contributed by atoms with Crippen LogP contribution in [0, 0.1) is 0 Å². The Kier molecular flexibility index (Phi) is 5.81. The van der Waals surface area contributed by atoms with E-state index in [-0.39, 0.29) is 29.7 Å². The maximum atomic E-state index is 12.7. The van der Waals surface area contributed by atoms with Crippen molar-refractivity contribution in [2.45, 2.75) is 18.4 Å². The number of aromatic amines is 1. The van der Waals surface area contributed by atoms with E-state index in [0.717, 1.165) is 15.3 Å². The first-order valence-electron chi connectivity index (χ1n) is 8.93. The minimum atomic E-state index is -3.85. The molecule has 0 spiro atoms. The Hall–Kier alpha value is -3.04. The highest BCUT2D eigenvalue weighted by molar-refractivity contribution is 7.89. The number of para-hydroxylation sites is 2. The number of Topliss-reactive ketones (excluding diaryl/α,β-unsaturated/α-hetero) is 1. The van der Waals surface area contributed by atoms with Crippen LogP contribution in [0.5, 0.6) is 0 Å². The van der Waals surface area contributed by atoms with Gasteiger partial charge in [-0.05, 0) is 31.2 Å². The van der Waals surface area contributed by atoms with Crippen molar-refractivity contribution >= 4 is 32.7 Å². The number of benzene rings is 2. The molecule has 0 radical (unpaired) electrons. The Morgan fingerprint density at radius 3 is 2.31 bits per heavy atom. The lowest BCUT2D eigenvalue weighted by atomic mass is 10.2. The fourth-order valence-corrected chi connectivity index (χ4v) is 3.95. The Labute approximate surface area is 169 Å². The lowest BCUT2D eigenvalue weighted by Gasteiger charge is -2.21. The molecule has 0 atom stereocenters. The number of fused-ring (bicyclic) bond motifs is 1. The van der Waals surface area contributed by atoms with Crippen molar-refractivity contribution in [3.63, 3.8) is 0 Å². The molecule has 0 aliphatic rings. The molecule has 152 valence electrons. The van der Waals surface area contributed by atoms with Gasteiger partial charge in [0.25, 0.3) is 0 Å². The van der Waals surface area contributed by atoms with E-state index in [4.69, 9.17) is 0 Å². The molecule has 0 unspecified atom stereocenters. The second-order valence-electron chi connectivity index (χ2n) is 6.79. The van der Waals surface area contributed by atoms with Gasteiger partial charge in [0.05, 0.1) is 29.0 Å². The van der Waals surface area contributed by atoms with E-state index < -0.39 is 10.0 Å². The molecule has 3 aromatic rings. The highest BCUT2D eigenvalue weighted by Gasteiger charge is 2.24. The maximum Gasteiger partial charge on any atom is 0.243 e. The Morgan fingerprint density at radius 2 is 1.69 bits per heavy atom. The summed E-state index contributed by atoms with van der Waals surface area (Å²) < 4.78 is 26.4. The third-order valence-electron chi connectivity index (χ3n) is 4.58. The van der Waals surface area contributed by atoms with Gasteiger partial charge in [-0.3, -0.25) is 9.59 Å². The average molecular weight is 414 g/mol. The molecule has 0 bridgehead atoms. The number of aromatic nitrogens is 2. The van der Waals surface area contributed by atoms with Crippen LogP contribution in [-0.4, -0.2) is 59.9 Å². The topological polar surface area (TPSA) is 103 Å². The molecule has 3 rings (SSSR count). The van der Waals surface area contributed by atoms with Crippen molar-refractivity contribution in [2.75, 3.05) is 20.6 Å². The van der Waals surface area contributed by atoms with Gasteiger partial charge < -0.3 is 9.88 Å². The van der Waals surface area contributed by atoms with E-state index in [0.29, 0.717) is 11.4 Å². The van der Waals surface area contributed by atoms with Crippen LogP contribution in [0.15, 0.2) is 53.4 Å². The second kappa shape index (κ2) is 8.14. The Morgan fingerprint density at radius 1 is 1.03 bits per heavy atom. The molecule has 1 N–H and O–H groups in total. The third-order valence-corrected chi connectivity index (χ3v) is 6.40. The number of nitrogens with one attached hydrogen (secondary N) is 1. The van der Waals surface area contributed by atoms with E-state index in [1.54, 1.807) is 7.05 Å². The van der Waals surface area contributed by atoms with Gasteiger partial charge in [0.2, 0.25) is 15.9 Å². The average Bonchev–Trinajstić information content (AvgIpc) is 3.10. The molecule has 2 aromatic carbocycles. The van der Waals surface area contributed by atoms with Crippen LogP contribution in [0.25, 0.3) is 11.0 Å². The Bertz CT molecular complexity index is 1120. The molecule has 0 aliphatic carbocycles. The fourth-order valence-electron chi connectivity index (χ4n) is 2.83. The number of ketones is 1. The standard InChI is InChI=1S/C20H22N4O4S/c1-14(25)15-8-10-16(11-9-15)29(27,28)24(3)13-20(26)23(2)12-19-21-17-6-4-5-7-18(17)22-19/h4-11H,12-13H2,1-3H3,(H,21,22). The number of hydrogen-bond donors (Lipinski definition) is 1. The molecular formula is C20H22N4O4S. The number of hydrogen-bond acceptors (Lipinski definition) is 5. The van der Waals surface area contributed by atoms with Gasteiger partial charge in [0, 0.05) is 19.7 Å². The molecule has 0 aliphatic heterocycles. The third kappa shape index (κ3) is 4.52. The smallest absolute Gasteiger partial charge is 0.243 e. The van der Waals surface area contributed by atoms with E-state index >= 15 is 0 Å². The van der Waals surface area contributed by atoms with Gasteiger partial charge in [-0.15, -0.1) is 0 Å². The zero-order chi connectivity index (χ0) is 21.2. The number of sulfonamides is 1. The van der Waals surface area contributed by atoms with Crippen molar-refractivity contribution in [3.05, 3.63) is 59.9 Å². The molecular weight excluding hydrogens is 392 g/mol. The summed E-state index contributed by atoms with van der Waals surface area (Å²) in [5, 5.41) is 0. The SMILES string of the molecule is CC(=O)c1ccc(S(=O)(=O)N(C)CC(=O)N(C)Cc2nc3ccccc3[nH]2)cc1. The molecule has 0 saturated carbocycles. The summed E-state index contributed by atoms with van der Waals surface area (Å²) in [4.78, 5) is 32.9.